The molecule has 1 aliphatic rings. The molecule has 0 spiro atoms. The Morgan fingerprint density at radius 2 is 2.11 bits per heavy atom. The van der Waals surface area contributed by atoms with Crippen molar-refractivity contribution in [2.75, 3.05) is 0 Å². The van der Waals surface area contributed by atoms with Crippen LogP contribution < -0.4 is 11.2 Å². The monoisotopic (exact) mass is 270 g/mol. The average Bonchev–Trinajstić information content (AvgIpc) is 2.96. The molecule has 0 aromatic carbocycles. The molecule has 1 saturated carbocycles. The van der Waals surface area contributed by atoms with Gasteiger partial charge in [-0.3, -0.25) is 14.3 Å². The van der Waals surface area contributed by atoms with E-state index in [1.54, 1.807) is 0 Å². The average molecular weight is 271 g/mol. The predicted molar refractivity (Wildman–Crippen MR) is 72.5 cm³/mol. The molecule has 1 heterocycles. The molecule has 0 amide bonds. The first-order chi connectivity index (χ1) is 8.47. The van der Waals surface area contributed by atoms with Crippen LogP contribution in [-0.4, -0.2) is 9.55 Å². The summed E-state index contributed by atoms with van der Waals surface area (Å²) in [6.07, 6.45) is 3.07. The summed E-state index contributed by atoms with van der Waals surface area (Å²) < 4.78 is 1.36. The van der Waals surface area contributed by atoms with Crippen LogP contribution in [0.3, 0.4) is 0 Å². The van der Waals surface area contributed by atoms with Crippen LogP contribution in [0, 0.1) is 5.92 Å². The second-order valence-electron chi connectivity index (χ2n) is 5.34. The number of hydrogen-bond donors (Lipinski definition) is 1. The van der Waals surface area contributed by atoms with Gasteiger partial charge in [-0.05, 0) is 24.7 Å². The quantitative estimate of drug-likeness (QED) is 0.855. The molecular formula is C13H19ClN2O2. The maximum absolute atomic E-state index is 12.3. The van der Waals surface area contributed by atoms with Crippen molar-refractivity contribution in [3.8, 4) is 0 Å². The zero-order valence-electron chi connectivity index (χ0n) is 11.0. The van der Waals surface area contributed by atoms with Crippen LogP contribution in [0.4, 0.5) is 0 Å². The molecule has 2 atom stereocenters. The van der Waals surface area contributed by atoms with Gasteiger partial charge >= 0.3 is 5.69 Å². The maximum atomic E-state index is 12.3. The van der Waals surface area contributed by atoms with E-state index in [0.29, 0.717) is 11.5 Å². The molecule has 18 heavy (non-hydrogen) atoms. The fourth-order valence-electron chi connectivity index (χ4n) is 2.57. The van der Waals surface area contributed by atoms with E-state index in [2.05, 4.69) is 11.9 Å². The minimum absolute atomic E-state index is 0.0106. The van der Waals surface area contributed by atoms with Gasteiger partial charge in [-0.15, -0.1) is 0 Å². The highest BCUT2D eigenvalue weighted by Gasteiger charge is 2.40. The van der Waals surface area contributed by atoms with E-state index in [4.69, 9.17) is 11.6 Å². The highest BCUT2D eigenvalue weighted by molar-refractivity contribution is 6.30. The Balaban J connectivity index is 2.46. The summed E-state index contributed by atoms with van der Waals surface area (Å²) in [5, 5.41) is 0.184. The molecule has 1 aliphatic carbocycles. The lowest BCUT2D eigenvalue weighted by Crippen LogP contribution is -2.37. The summed E-state index contributed by atoms with van der Waals surface area (Å²) in [5.41, 5.74) is -0.0845. The van der Waals surface area contributed by atoms with Crippen LogP contribution in [0.15, 0.2) is 9.59 Å². The lowest BCUT2D eigenvalue weighted by Gasteiger charge is -2.11. The normalized spacial score (nSPS) is 22.5. The molecule has 0 radical (unpaired) electrons. The number of halogens is 1. The SMILES string of the molecule is CCCC1CC1n1c(=O)[nH]c(Cl)c(C(C)C)c1=O. The van der Waals surface area contributed by atoms with Crippen LogP contribution >= 0.6 is 11.6 Å². The van der Waals surface area contributed by atoms with E-state index < -0.39 is 0 Å². The molecule has 0 saturated heterocycles. The Kier molecular flexibility index (Phi) is 3.66. The molecule has 0 aliphatic heterocycles. The zero-order chi connectivity index (χ0) is 13.4. The fraction of sp³-hybridized carbons (Fsp3) is 0.692. The third kappa shape index (κ3) is 2.26. The summed E-state index contributed by atoms with van der Waals surface area (Å²) in [6, 6.07) is 0.0657. The van der Waals surface area contributed by atoms with E-state index in [1.807, 2.05) is 13.8 Å². The first-order valence-electron chi connectivity index (χ1n) is 6.51. The molecule has 2 unspecified atom stereocenters. The summed E-state index contributed by atoms with van der Waals surface area (Å²) in [4.78, 5) is 26.8. The molecule has 1 fully saturated rings. The van der Waals surface area contributed by atoms with Gasteiger partial charge in [-0.1, -0.05) is 38.8 Å². The van der Waals surface area contributed by atoms with Gasteiger partial charge < -0.3 is 0 Å². The third-order valence-electron chi connectivity index (χ3n) is 3.57. The highest BCUT2D eigenvalue weighted by Crippen LogP contribution is 2.44. The van der Waals surface area contributed by atoms with Gasteiger partial charge in [0.05, 0.1) is 5.56 Å². The first-order valence-corrected chi connectivity index (χ1v) is 6.89. The van der Waals surface area contributed by atoms with Gasteiger partial charge in [0.1, 0.15) is 5.15 Å². The standard InChI is InChI=1S/C13H19ClN2O2/c1-4-5-8-6-9(8)16-12(17)10(7(2)3)11(14)15-13(16)18/h7-9H,4-6H2,1-3H3,(H,15,18). The molecule has 1 N–H and O–H groups in total. The molecular weight excluding hydrogens is 252 g/mol. The number of aromatic nitrogens is 2. The van der Waals surface area contributed by atoms with Crippen LogP contribution in [0.1, 0.15) is 57.6 Å². The summed E-state index contributed by atoms with van der Waals surface area (Å²) in [6.45, 7) is 5.92. The van der Waals surface area contributed by atoms with Crippen LogP contribution in [0.5, 0.6) is 0 Å². The number of nitrogens with one attached hydrogen (secondary N) is 1. The second-order valence-corrected chi connectivity index (χ2v) is 5.72. The van der Waals surface area contributed by atoms with Crippen molar-refractivity contribution in [2.24, 2.45) is 5.92 Å². The van der Waals surface area contributed by atoms with Crippen LogP contribution in [0.2, 0.25) is 5.15 Å². The minimum atomic E-state index is -0.377. The second kappa shape index (κ2) is 4.92. The number of hydrogen-bond acceptors (Lipinski definition) is 2. The van der Waals surface area contributed by atoms with Gasteiger partial charge in [-0.2, -0.15) is 0 Å². The smallest absolute Gasteiger partial charge is 0.297 e. The Labute approximate surface area is 111 Å². The third-order valence-corrected chi connectivity index (χ3v) is 3.87. The summed E-state index contributed by atoms with van der Waals surface area (Å²) in [7, 11) is 0. The van der Waals surface area contributed by atoms with E-state index in [0.717, 1.165) is 19.3 Å². The molecule has 5 heteroatoms. The molecule has 0 bridgehead atoms. The predicted octanol–water partition coefficient (Wildman–Crippen LogP) is 2.67. The number of aromatic amines is 1. The van der Waals surface area contributed by atoms with Crippen molar-refractivity contribution < 1.29 is 0 Å². The molecule has 4 nitrogen and oxygen atoms in total. The largest absolute Gasteiger partial charge is 0.329 e. The minimum Gasteiger partial charge on any atom is -0.297 e. The van der Waals surface area contributed by atoms with Crippen molar-refractivity contribution >= 4 is 11.6 Å². The van der Waals surface area contributed by atoms with E-state index in [1.165, 1.54) is 4.57 Å². The van der Waals surface area contributed by atoms with Crippen molar-refractivity contribution in [2.45, 2.75) is 52.0 Å². The van der Waals surface area contributed by atoms with E-state index >= 15 is 0 Å². The summed E-state index contributed by atoms with van der Waals surface area (Å²) >= 11 is 5.96. The summed E-state index contributed by atoms with van der Waals surface area (Å²) in [5.74, 6) is 0.478. The van der Waals surface area contributed by atoms with Gasteiger partial charge in [0.25, 0.3) is 5.56 Å². The fourth-order valence-corrected chi connectivity index (χ4v) is 2.95. The van der Waals surface area contributed by atoms with Gasteiger partial charge in [0, 0.05) is 6.04 Å². The number of H-pyrrole nitrogens is 1. The Hall–Kier alpha value is -1.03. The highest BCUT2D eigenvalue weighted by atomic mass is 35.5. The number of rotatable bonds is 4. The molecule has 2 rings (SSSR count). The van der Waals surface area contributed by atoms with E-state index in [-0.39, 0.29) is 28.4 Å². The van der Waals surface area contributed by atoms with Crippen molar-refractivity contribution in [1.82, 2.24) is 9.55 Å². The Morgan fingerprint density at radius 3 is 2.67 bits per heavy atom. The molecule has 100 valence electrons. The lowest BCUT2D eigenvalue weighted by molar-refractivity contribution is 0.562. The lowest BCUT2D eigenvalue weighted by atomic mass is 10.1. The van der Waals surface area contributed by atoms with Gasteiger partial charge in [0.2, 0.25) is 0 Å². The van der Waals surface area contributed by atoms with Gasteiger partial charge in [0.15, 0.2) is 0 Å². The zero-order valence-corrected chi connectivity index (χ0v) is 11.8. The van der Waals surface area contributed by atoms with Crippen molar-refractivity contribution in [3.05, 3.63) is 31.6 Å². The Bertz CT molecular complexity index is 559. The molecule has 1 aromatic rings. The Morgan fingerprint density at radius 1 is 1.44 bits per heavy atom. The topological polar surface area (TPSA) is 54.9 Å². The van der Waals surface area contributed by atoms with Crippen molar-refractivity contribution in [3.63, 3.8) is 0 Å². The van der Waals surface area contributed by atoms with Crippen LogP contribution in [-0.2, 0) is 0 Å². The van der Waals surface area contributed by atoms with Gasteiger partial charge in [-0.25, -0.2) is 4.79 Å². The van der Waals surface area contributed by atoms with E-state index in [9.17, 15) is 9.59 Å². The van der Waals surface area contributed by atoms with Crippen molar-refractivity contribution in [1.29, 1.82) is 0 Å². The van der Waals surface area contributed by atoms with Crippen LogP contribution in [0.25, 0.3) is 0 Å². The number of nitrogens with zero attached hydrogens (tertiary/aromatic N) is 1. The molecule has 1 aromatic heterocycles. The first kappa shape index (κ1) is 13.4. The maximum Gasteiger partial charge on any atom is 0.329 e.